The Morgan fingerprint density at radius 2 is 2.00 bits per heavy atom. The lowest BCUT2D eigenvalue weighted by molar-refractivity contribution is 0.236. The van der Waals surface area contributed by atoms with Crippen molar-refractivity contribution in [3.8, 4) is 0 Å². The highest BCUT2D eigenvalue weighted by molar-refractivity contribution is 7.99. The molecule has 2 rings (SSSR count). The Labute approximate surface area is 100 Å². The Hall–Kier alpha value is -0.520. The average molecular weight is 258 g/mol. The van der Waals surface area contributed by atoms with E-state index < -0.39 is 10.1 Å². The second-order valence-corrected chi connectivity index (χ2v) is 6.57. The molecule has 3 nitrogen and oxygen atoms in total. The molecule has 1 aliphatic rings. The minimum Gasteiger partial charge on any atom is -0.262 e. The molecule has 0 spiro atoms. The molecular weight excluding hydrogens is 244 g/mol. The van der Waals surface area contributed by atoms with E-state index in [9.17, 15) is 8.42 Å². The van der Waals surface area contributed by atoms with E-state index in [4.69, 9.17) is 4.18 Å². The molecule has 1 atom stereocenters. The van der Waals surface area contributed by atoms with E-state index in [1.807, 2.05) is 6.92 Å². The maximum atomic E-state index is 11.9. The van der Waals surface area contributed by atoms with Crippen molar-refractivity contribution in [1.82, 2.24) is 0 Å². The lowest BCUT2D eigenvalue weighted by Gasteiger charge is -2.10. The third-order valence-corrected chi connectivity index (χ3v) is 4.97. The molecule has 0 saturated carbocycles. The Bertz CT molecular complexity index is 445. The van der Waals surface area contributed by atoms with Crippen molar-refractivity contribution >= 4 is 21.9 Å². The van der Waals surface area contributed by atoms with Gasteiger partial charge in [-0.15, -0.1) is 0 Å². The zero-order valence-corrected chi connectivity index (χ0v) is 10.7. The Morgan fingerprint density at radius 3 is 2.56 bits per heavy atom. The highest BCUT2D eigenvalue weighted by Gasteiger charge is 2.24. The van der Waals surface area contributed by atoms with E-state index in [-0.39, 0.29) is 11.0 Å². The van der Waals surface area contributed by atoms with Gasteiger partial charge >= 0.3 is 0 Å². The first kappa shape index (κ1) is 12.0. The van der Waals surface area contributed by atoms with Crippen molar-refractivity contribution < 1.29 is 12.6 Å². The molecule has 1 saturated heterocycles. The largest absolute Gasteiger partial charge is 0.297 e. The lowest BCUT2D eigenvalue weighted by atomic mass is 10.2. The predicted molar refractivity (Wildman–Crippen MR) is 65.2 cm³/mol. The molecule has 0 aliphatic carbocycles. The fraction of sp³-hybridized carbons (Fsp3) is 0.455. The summed E-state index contributed by atoms with van der Waals surface area (Å²) < 4.78 is 28.9. The summed E-state index contributed by atoms with van der Waals surface area (Å²) in [6.07, 6.45) is 0.659. The SMILES string of the molecule is Cc1ccc(S(=O)(=O)O[C@@H]2CCSC2)cc1. The second-order valence-electron chi connectivity index (χ2n) is 3.85. The number of hydrogen-bond donors (Lipinski definition) is 0. The molecule has 16 heavy (non-hydrogen) atoms. The molecule has 88 valence electrons. The topological polar surface area (TPSA) is 43.4 Å². The molecule has 1 heterocycles. The first-order valence-electron chi connectivity index (χ1n) is 5.16. The van der Waals surface area contributed by atoms with Crippen molar-refractivity contribution in [2.45, 2.75) is 24.3 Å². The first-order valence-corrected chi connectivity index (χ1v) is 7.72. The number of benzene rings is 1. The van der Waals surface area contributed by atoms with Crippen LogP contribution in [0.25, 0.3) is 0 Å². The van der Waals surface area contributed by atoms with Crippen LogP contribution in [0.1, 0.15) is 12.0 Å². The van der Waals surface area contributed by atoms with E-state index in [0.29, 0.717) is 0 Å². The Kier molecular flexibility index (Phi) is 3.56. The van der Waals surface area contributed by atoms with Gasteiger partial charge in [-0.1, -0.05) is 17.7 Å². The monoisotopic (exact) mass is 258 g/mol. The molecule has 0 N–H and O–H groups in total. The van der Waals surface area contributed by atoms with Crippen LogP contribution in [0.2, 0.25) is 0 Å². The molecule has 1 aliphatic heterocycles. The maximum absolute atomic E-state index is 11.9. The summed E-state index contributed by atoms with van der Waals surface area (Å²) in [5.74, 6) is 1.75. The number of hydrogen-bond acceptors (Lipinski definition) is 4. The second kappa shape index (κ2) is 4.77. The third kappa shape index (κ3) is 2.78. The highest BCUT2D eigenvalue weighted by Crippen LogP contribution is 2.24. The van der Waals surface area contributed by atoms with Crippen molar-refractivity contribution in [3.05, 3.63) is 29.8 Å². The van der Waals surface area contributed by atoms with Crippen LogP contribution in [-0.4, -0.2) is 26.0 Å². The van der Waals surface area contributed by atoms with Gasteiger partial charge in [0.05, 0.1) is 11.0 Å². The predicted octanol–water partition coefficient (Wildman–Crippen LogP) is 2.21. The van der Waals surface area contributed by atoms with E-state index >= 15 is 0 Å². The minimum atomic E-state index is -3.57. The van der Waals surface area contributed by atoms with Crippen molar-refractivity contribution in [1.29, 1.82) is 0 Å². The van der Waals surface area contributed by atoms with E-state index in [0.717, 1.165) is 23.5 Å². The summed E-state index contributed by atoms with van der Waals surface area (Å²) >= 11 is 1.73. The summed E-state index contributed by atoms with van der Waals surface area (Å²) in [5, 5.41) is 0. The number of aryl methyl sites for hydroxylation is 1. The lowest BCUT2D eigenvalue weighted by Crippen LogP contribution is -2.17. The molecule has 1 aromatic rings. The van der Waals surface area contributed by atoms with Crippen LogP contribution in [0, 0.1) is 6.92 Å². The molecule has 1 fully saturated rings. The maximum Gasteiger partial charge on any atom is 0.297 e. The van der Waals surface area contributed by atoms with Gasteiger partial charge in [-0.2, -0.15) is 20.2 Å². The molecular formula is C11H14O3S2. The van der Waals surface area contributed by atoms with Gasteiger partial charge in [0.15, 0.2) is 0 Å². The zero-order valence-electron chi connectivity index (χ0n) is 9.05. The third-order valence-electron chi connectivity index (χ3n) is 2.46. The van der Waals surface area contributed by atoms with Crippen LogP contribution >= 0.6 is 11.8 Å². The quantitative estimate of drug-likeness (QED) is 0.780. The van der Waals surface area contributed by atoms with Gasteiger partial charge in [-0.3, -0.25) is 4.18 Å². The summed E-state index contributed by atoms with van der Waals surface area (Å²) in [6, 6.07) is 6.73. The van der Waals surface area contributed by atoms with Gasteiger partial charge < -0.3 is 0 Å². The molecule has 0 radical (unpaired) electrons. The first-order chi connectivity index (χ1) is 7.58. The minimum absolute atomic E-state index is 0.156. The average Bonchev–Trinajstić information content (AvgIpc) is 2.70. The highest BCUT2D eigenvalue weighted by atomic mass is 32.2. The van der Waals surface area contributed by atoms with Gasteiger partial charge in [0, 0.05) is 5.75 Å². The van der Waals surface area contributed by atoms with Crippen LogP contribution in [-0.2, 0) is 14.3 Å². The van der Waals surface area contributed by atoms with Crippen LogP contribution < -0.4 is 0 Å². The van der Waals surface area contributed by atoms with Crippen LogP contribution in [0.4, 0.5) is 0 Å². The number of thioether (sulfide) groups is 1. The van der Waals surface area contributed by atoms with Crippen molar-refractivity contribution in [2.75, 3.05) is 11.5 Å². The molecule has 0 unspecified atom stereocenters. The fourth-order valence-electron chi connectivity index (χ4n) is 1.53. The smallest absolute Gasteiger partial charge is 0.262 e. The van der Waals surface area contributed by atoms with Gasteiger partial charge in [-0.05, 0) is 31.2 Å². The fourth-order valence-corrected chi connectivity index (χ4v) is 3.81. The van der Waals surface area contributed by atoms with Crippen LogP contribution in [0.3, 0.4) is 0 Å². The molecule has 1 aromatic carbocycles. The van der Waals surface area contributed by atoms with Crippen LogP contribution in [0.5, 0.6) is 0 Å². The van der Waals surface area contributed by atoms with Crippen LogP contribution in [0.15, 0.2) is 29.2 Å². The van der Waals surface area contributed by atoms with Crippen molar-refractivity contribution in [3.63, 3.8) is 0 Å². The van der Waals surface area contributed by atoms with E-state index in [1.165, 1.54) is 0 Å². The Morgan fingerprint density at radius 1 is 1.31 bits per heavy atom. The molecule has 0 amide bonds. The standard InChI is InChI=1S/C11H14O3S2/c1-9-2-4-11(5-3-9)16(12,13)14-10-6-7-15-8-10/h2-5,10H,6-8H2,1H3/t10-/m1/s1. The van der Waals surface area contributed by atoms with E-state index in [1.54, 1.807) is 36.0 Å². The Balaban J connectivity index is 2.14. The summed E-state index contributed by atoms with van der Waals surface area (Å²) in [4.78, 5) is 0.245. The number of rotatable bonds is 3. The van der Waals surface area contributed by atoms with Gasteiger partial charge in [0.2, 0.25) is 0 Å². The summed E-state index contributed by atoms with van der Waals surface area (Å²) in [6.45, 7) is 1.92. The normalized spacial score (nSPS) is 21.2. The van der Waals surface area contributed by atoms with Gasteiger partial charge in [-0.25, -0.2) is 0 Å². The molecule has 0 aromatic heterocycles. The van der Waals surface area contributed by atoms with Gasteiger partial charge in [0.25, 0.3) is 10.1 Å². The summed E-state index contributed by atoms with van der Waals surface area (Å²) in [7, 11) is -3.57. The zero-order chi connectivity index (χ0) is 11.6. The van der Waals surface area contributed by atoms with Crippen molar-refractivity contribution in [2.24, 2.45) is 0 Å². The molecule has 5 heteroatoms. The molecule has 0 bridgehead atoms. The van der Waals surface area contributed by atoms with Gasteiger partial charge in [0.1, 0.15) is 0 Å². The van der Waals surface area contributed by atoms with E-state index in [2.05, 4.69) is 0 Å². The summed E-state index contributed by atoms with van der Waals surface area (Å²) in [5.41, 5.74) is 1.04.